The van der Waals surface area contributed by atoms with Gasteiger partial charge in [0.1, 0.15) is 17.9 Å². The smallest absolute Gasteiger partial charge is 0.247 e. The van der Waals surface area contributed by atoms with Crippen molar-refractivity contribution in [1.82, 2.24) is 19.8 Å². The molecule has 4 heterocycles. The van der Waals surface area contributed by atoms with E-state index in [9.17, 15) is 13.6 Å². The molecule has 1 saturated carbocycles. The number of hydroxylamine groups is 1. The van der Waals surface area contributed by atoms with Gasteiger partial charge in [-0.15, -0.1) is 0 Å². The molecule has 2 aromatic carbocycles. The zero-order valence-electron chi connectivity index (χ0n) is 27.2. The highest BCUT2D eigenvalue weighted by atomic mass is 19.2. The third-order valence-corrected chi connectivity index (χ3v) is 9.87. The number of amides is 1. The second-order valence-electron chi connectivity index (χ2n) is 12.8. The van der Waals surface area contributed by atoms with E-state index in [1.165, 1.54) is 44.4 Å². The number of nitrogens with zero attached hydrogens (tertiary/aromatic N) is 6. The van der Waals surface area contributed by atoms with Crippen LogP contribution in [0.4, 0.5) is 37.5 Å². The van der Waals surface area contributed by atoms with E-state index in [0.29, 0.717) is 53.4 Å². The normalized spacial score (nSPS) is 20.9. The van der Waals surface area contributed by atoms with Crippen molar-refractivity contribution in [1.29, 1.82) is 0 Å². The molecule has 254 valence electrons. The predicted molar refractivity (Wildman–Crippen MR) is 181 cm³/mol. The maximum atomic E-state index is 14.0. The van der Waals surface area contributed by atoms with Crippen molar-refractivity contribution in [3.63, 3.8) is 0 Å². The van der Waals surface area contributed by atoms with E-state index in [4.69, 9.17) is 9.57 Å². The van der Waals surface area contributed by atoms with Gasteiger partial charge in [-0.1, -0.05) is 12.6 Å². The summed E-state index contributed by atoms with van der Waals surface area (Å²) < 4.78 is 33.5. The molecule has 1 atom stereocenters. The quantitative estimate of drug-likeness (QED) is 0.280. The first kappa shape index (κ1) is 32.2. The van der Waals surface area contributed by atoms with Gasteiger partial charge in [-0.2, -0.15) is 0 Å². The number of nitrogens with one attached hydrogen (secondary N) is 2. The van der Waals surface area contributed by atoms with Crippen molar-refractivity contribution in [2.45, 2.75) is 50.2 Å². The van der Waals surface area contributed by atoms with Crippen LogP contribution in [-0.4, -0.2) is 90.7 Å². The van der Waals surface area contributed by atoms with Crippen LogP contribution in [0.25, 0.3) is 0 Å². The molecule has 0 radical (unpaired) electrons. The van der Waals surface area contributed by atoms with E-state index in [1.54, 1.807) is 24.3 Å². The van der Waals surface area contributed by atoms with Crippen molar-refractivity contribution in [2.24, 2.45) is 0 Å². The summed E-state index contributed by atoms with van der Waals surface area (Å²) in [6.45, 7) is 10.4. The van der Waals surface area contributed by atoms with Crippen LogP contribution in [-0.2, 0) is 9.63 Å². The molecule has 2 N–H and O–H groups in total. The fraction of sp³-hybridized carbons (Fsp3) is 0.457. The third-order valence-electron chi connectivity index (χ3n) is 9.87. The predicted octanol–water partition coefficient (Wildman–Crippen LogP) is 5.26. The minimum absolute atomic E-state index is 0.311. The van der Waals surface area contributed by atoms with Crippen LogP contribution in [0.2, 0.25) is 0 Å². The molecule has 48 heavy (non-hydrogen) atoms. The van der Waals surface area contributed by atoms with Crippen LogP contribution in [0.1, 0.15) is 43.7 Å². The van der Waals surface area contributed by atoms with Crippen molar-refractivity contribution in [3.05, 3.63) is 72.6 Å². The fourth-order valence-corrected chi connectivity index (χ4v) is 7.15. The van der Waals surface area contributed by atoms with Gasteiger partial charge < -0.3 is 20.3 Å². The second kappa shape index (κ2) is 14.0. The number of methoxy groups -OCH3 is 1. The van der Waals surface area contributed by atoms with E-state index in [2.05, 4.69) is 41.9 Å². The van der Waals surface area contributed by atoms with Gasteiger partial charge in [-0.05, 0) is 55.5 Å². The Hall–Kier alpha value is -4.33. The molecule has 3 aromatic rings. The molecule has 1 unspecified atom stereocenters. The zero-order valence-corrected chi connectivity index (χ0v) is 27.2. The van der Waals surface area contributed by atoms with Crippen molar-refractivity contribution >= 4 is 34.6 Å². The van der Waals surface area contributed by atoms with Crippen LogP contribution < -0.4 is 25.3 Å². The molecule has 1 amide bonds. The molecule has 0 bridgehead atoms. The summed E-state index contributed by atoms with van der Waals surface area (Å²) in [6.07, 6.45) is 8.05. The number of anilines is 5. The number of carbonyl (C=O) groups excluding carboxylic acids is 1. The average molecular weight is 661 g/mol. The van der Waals surface area contributed by atoms with E-state index in [1.807, 2.05) is 12.1 Å². The first-order valence-corrected chi connectivity index (χ1v) is 16.7. The van der Waals surface area contributed by atoms with Gasteiger partial charge in [-0.3, -0.25) is 19.4 Å². The van der Waals surface area contributed by atoms with Gasteiger partial charge in [-0.25, -0.2) is 23.8 Å². The van der Waals surface area contributed by atoms with Crippen LogP contribution in [0.15, 0.2) is 55.4 Å². The summed E-state index contributed by atoms with van der Waals surface area (Å²) >= 11 is 0. The maximum Gasteiger partial charge on any atom is 0.247 e. The lowest BCUT2D eigenvalue weighted by Crippen LogP contribution is -2.53. The number of carbonyl (C=O) groups is 1. The Labute approximate surface area is 279 Å². The number of halogens is 2. The molecular formula is C35H42F2N8O3. The molecule has 3 saturated heterocycles. The van der Waals surface area contributed by atoms with Crippen LogP contribution >= 0.6 is 0 Å². The van der Waals surface area contributed by atoms with E-state index < -0.39 is 11.6 Å². The topological polar surface area (TPSA) is 98.3 Å². The Balaban J connectivity index is 1.08. The first-order valence-electron chi connectivity index (χ1n) is 16.7. The molecule has 11 nitrogen and oxygen atoms in total. The van der Waals surface area contributed by atoms with E-state index in [-0.39, 0.29) is 11.9 Å². The number of rotatable bonds is 10. The number of hydrogen-bond acceptors (Lipinski definition) is 10. The number of hydrogen-bond donors (Lipinski definition) is 2. The Bertz CT molecular complexity index is 1640. The van der Waals surface area contributed by atoms with Crippen molar-refractivity contribution in [3.8, 4) is 5.75 Å². The lowest BCUT2D eigenvalue weighted by molar-refractivity contribution is -0.111. The maximum absolute atomic E-state index is 14.0. The monoisotopic (exact) mass is 660 g/mol. The van der Waals surface area contributed by atoms with Gasteiger partial charge >= 0.3 is 0 Å². The summed E-state index contributed by atoms with van der Waals surface area (Å²) in [4.78, 5) is 34.8. The van der Waals surface area contributed by atoms with E-state index >= 15 is 0 Å². The number of benzene rings is 2. The highest BCUT2D eigenvalue weighted by Gasteiger charge is 2.34. The fourth-order valence-electron chi connectivity index (χ4n) is 7.15. The highest BCUT2D eigenvalue weighted by molar-refractivity contribution is 6.02. The molecule has 0 spiro atoms. The Morgan fingerprint density at radius 1 is 0.917 bits per heavy atom. The molecule has 4 fully saturated rings. The molecule has 7 rings (SSSR count). The van der Waals surface area contributed by atoms with Gasteiger partial charge in [0.15, 0.2) is 17.5 Å². The van der Waals surface area contributed by atoms with Crippen LogP contribution in [0.5, 0.6) is 5.75 Å². The lowest BCUT2D eigenvalue weighted by atomic mass is 10.0. The molecule has 1 aliphatic carbocycles. The Morgan fingerprint density at radius 3 is 2.31 bits per heavy atom. The molecule has 1 aromatic heterocycles. The summed E-state index contributed by atoms with van der Waals surface area (Å²) in [6, 6.07) is 10.4. The lowest BCUT2D eigenvalue weighted by Gasteiger charge is -2.43. The molecule has 4 aliphatic rings. The van der Waals surface area contributed by atoms with Gasteiger partial charge in [0.05, 0.1) is 36.8 Å². The highest BCUT2D eigenvalue weighted by Crippen LogP contribution is 2.41. The summed E-state index contributed by atoms with van der Waals surface area (Å²) in [5.74, 6) is -0.637. The molecule has 3 aliphatic heterocycles. The Kier molecular flexibility index (Phi) is 9.42. The SMILES string of the molecule is C=CC(=O)Nc1cc(Nc2cc(N3OCCC3c3ccc(F)c(F)c3)ncn2)c(OC)cc1N1CCC(N2CCN(C3CC3)CC2)CC1. The van der Waals surface area contributed by atoms with Gasteiger partial charge in [0, 0.05) is 69.9 Å². The summed E-state index contributed by atoms with van der Waals surface area (Å²) in [5, 5.41) is 7.89. The van der Waals surface area contributed by atoms with Crippen molar-refractivity contribution in [2.75, 3.05) is 73.6 Å². The summed E-state index contributed by atoms with van der Waals surface area (Å²) in [7, 11) is 1.61. The van der Waals surface area contributed by atoms with E-state index in [0.717, 1.165) is 56.8 Å². The number of ether oxygens (including phenoxy) is 1. The number of piperazine rings is 1. The largest absolute Gasteiger partial charge is 0.494 e. The minimum atomic E-state index is -0.911. The minimum Gasteiger partial charge on any atom is -0.494 e. The molecular weight excluding hydrogens is 618 g/mol. The van der Waals surface area contributed by atoms with Gasteiger partial charge in [0.2, 0.25) is 5.91 Å². The van der Waals surface area contributed by atoms with Crippen LogP contribution in [0.3, 0.4) is 0 Å². The number of aromatic nitrogens is 2. The average Bonchev–Trinajstić information content (AvgIpc) is 3.85. The van der Waals surface area contributed by atoms with Gasteiger partial charge in [0.25, 0.3) is 0 Å². The van der Waals surface area contributed by atoms with Crippen LogP contribution in [0, 0.1) is 11.6 Å². The second-order valence-corrected chi connectivity index (χ2v) is 12.8. The third kappa shape index (κ3) is 6.94. The Morgan fingerprint density at radius 2 is 1.65 bits per heavy atom. The number of piperidine rings is 1. The molecule has 13 heteroatoms. The summed E-state index contributed by atoms with van der Waals surface area (Å²) in [5.41, 5.74) is 2.69. The standard InChI is InChI=1S/C35H42F2N8O3/c1-3-35(46)41-28-19-29(40-33-21-34(39-22-38-33)45-30(10-17-48-45)23-4-7-26(36)27(37)18-23)32(47-2)20-31(28)44-11-8-25(9-12-44)43-15-13-42(14-16-43)24-5-6-24/h3-4,7,18-22,24-25,30H,1,5-6,8-17H2,2H3,(H,41,46)(H,38,39,40). The first-order chi connectivity index (χ1) is 23.4. The van der Waals surface area contributed by atoms with Crippen molar-refractivity contribution < 1.29 is 23.1 Å². The zero-order chi connectivity index (χ0) is 33.2.